The van der Waals surface area contributed by atoms with Gasteiger partial charge >= 0.3 is 0 Å². The zero-order chi connectivity index (χ0) is 17.6. The van der Waals surface area contributed by atoms with Gasteiger partial charge in [0.25, 0.3) is 0 Å². The minimum atomic E-state index is 0.348. The van der Waals surface area contributed by atoms with Gasteiger partial charge in [0.05, 0.1) is 5.52 Å². The molecule has 0 radical (unpaired) electrons. The Kier molecular flexibility index (Phi) is 5.64. The second kappa shape index (κ2) is 8.10. The van der Waals surface area contributed by atoms with Crippen molar-refractivity contribution in [2.75, 3.05) is 6.54 Å². The molecular weight excluding hydrogens is 378 g/mol. The molecule has 0 N–H and O–H groups in total. The lowest BCUT2D eigenvalue weighted by atomic mass is 10.0. The maximum absolute atomic E-state index is 8.40. The van der Waals surface area contributed by atoms with Crippen molar-refractivity contribution in [1.82, 2.24) is 9.97 Å². The largest absolute Gasteiger partial charge is 0.265 e. The second-order valence-electron chi connectivity index (χ2n) is 6.12. The molecule has 0 saturated carbocycles. The smallest absolute Gasteiger partial charge is 0.0717 e. The Morgan fingerprint density at radius 3 is 2.72 bits per heavy atom. The first-order valence-electron chi connectivity index (χ1n) is 8.18. The number of aryl methyl sites for hydroxylation is 1. The SMILES string of the molecule is CC(CCc1cc(Br)c2cc(-c3ccncc3)ccc2n1)CN=[N+]=[N-]. The highest BCUT2D eigenvalue weighted by Gasteiger charge is 2.08. The third-order valence-corrected chi connectivity index (χ3v) is 4.83. The lowest BCUT2D eigenvalue weighted by Crippen LogP contribution is -2.02. The molecule has 0 aliphatic carbocycles. The Morgan fingerprint density at radius 1 is 1.16 bits per heavy atom. The molecule has 0 bridgehead atoms. The molecule has 0 fully saturated rings. The number of azide groups is 1. The lowest BCUT2D eigenvalue weighted by Gasteiger charge is -2.10. The third kappa shape index (κ3) is 4.35. The van der Waals surface area contributed by atoms with Gasteiger partial charge in [0, 0.05) is 39.4 Å². The van der Waals surface area contributed by atoms with Gasteiger partial charge in [-0.3, -0.25) is 9.97 Å². The molecule has 3 aromatic rings. The summed E-state index contributed by atoms with van der Waals surface area (Å²) in [4.78, 5) is 11.7. The zero-order valence-electron chi connectivity index (χ0n) is 13.9. The Labute approximate surface area is 154 Å². The number of fused-ring (bicyclic) bond motifs is 1. The summed E-state index contributed by atoms with van der Waals surface area (Å²) in [7, 11) is 0. The molecular formula is C19H18BrN5. The highest BCUT2D eigenvalue weighted by atomic mass is 79.9. The van der Waals surface area contributed by atoms with Crippen LogP contribution in [0.1, 0.15) is 19.0 Å². The summed E-state index contributed by atoms with van der Waals surface area (Å²) in [6.07, 6.45) is 5.41. The van der Waals surface area contributed by atoms with Crippen LogP contribution in [0.25, 0.3) is 32.5 Å². The number of pyridine rings is 2. The average molecular weight is 396 g/mol. The molecule has 2 heterocycles. The maximum Gasteiger partial charge on any atom is 0.0717 e. The first-order valence-corrected chi connectivity index (χ1v) is 8.97. The molecule has 6 heteroatoms. The zero-order valence-corrected chi connectivity index (χ0v) is 15.5. The fraction of sp³-hybridized carbons (Fsp3) is 0.263. The molecule has 1 unspecified atom stereocenters. The van der Waals surface area contributed by atoms with Gasteiger partial charge in [0.1, 0.15) is 0 Å². The van der Waals surface area contributed by atoms with E-state index in [4.69, 9.17) is 10.5 Å². The first kappa shape index (κ1) is 17.4. The van der Waals surface area contributed by atoms with Crippen molar-refractivity contribution >= 4 is 26.8 Å². The van der Waals surface area contributed by atoms with Crippen molar-refractivity contribution in [2.45, 2.75) is 19.8 Å². The monoisotopic (exact) mass is 395 g/mol. The predicted molar refractivity (Wildman–Crippen MR) is 104 cm³/mol. The molecule has 5 nitrogen and oxygen atoms in total. The van der Waals surface area contributed by atoms with E-state index in [1.807, 2.05) is 12.1 Å². The molecule has 0 aliphatic heterocycles. The lowest BCUT2D eigenvalue weighted by molar-refractivity contribution is 0.540. The van der Waals surface area contributed by atoms with Crippen LogP contribution in [-0.2, 0) is 6.42 Å². The van der Waals surface area contributed by atoms with Crippen LogP contribution in [0, 0.1) is 5.92 Å². The number of aromatic nitrogens is 2. The highest BCUT2D eigenvalue weighted by molar-refractivity contribution is 9.10. The van der Waals surface area contributed by atoms with Crippen molar-refractivity contribution in [3.8, 4) is 11.1 Å². The topological polar surface area (TPSA) is 74.5 Å². The number of hydrogen-bond donors (Lipinski definition) is 0. The molecule has 0 spiro atoms. The van der Waals surface area contributed by atoms with E-state index >= 15 is 0 Å². The van der Waals surface area contributed by atoms with Crippen molar-refractivity contribution in [3.05, 3.63) is 69.4 Å². The minimum absolute atomic E-state index is 0.348. The third-order valence-electron chi connectivity index (χ3n) is 4.17. The quantitative estimate of drug-likeness (QED) is 0.294. The summed E-state index contributed by atoms with van der Waals surface area (Å²) in [5.41, 5.74) is 12.7. The average Bonchev–Trinajstić information content (AvgIpc) is 2.65. The summed E-state index contributed by atoms with van der Waals surface area (Å²) in [6.45, 7) is 2.62. The number of benzene rings is 1. The van der Waals surface area contributed by atoms with E-state index in [-0.39, 0.29) is 0 Å². The second-order valence-corrected chi connectivity index (χ2v) is 6.97. The molecule has 2 aromatic heterocycles. The summed E-state index contributed by atoms with van der Waals surface area (Å²) in [5.74, 6) is 0.348. The van der Waals surface area contributed by atoms with Crippen LogP contribution >= 0.6 is 15.9 Å². The number of halogens is 1. The molecule has 3 rings (SSSR count). The molecule has 0 saturated heterocycles. The van der Waals surface area contributed by atoms with Crippen molar-refractivity contribution in [2.24, 2.45) is 11.0 Å². The van der Waals surface area contributed by atoms with Gasteiger partial charge in [0.15, 0.2) is 0 Å². The van der Waals surface area contributed by atoms with E-state index in [1.165, 1.54) is 0 Å². The van der Waals surface area contributed by atoms with Gasteiger partial charge in [0.2, 0.25) is 0 Å². The van der Waals surface area contributed by atoms with E-state index in [0.29, 0.717) is 12.5 Å². The summed E-state index contributed by atoms with van der Waals surface area (Å²) in [5, 5.41) is 4.73. The van der Waals surface area contributed by atoms with Crippen LogP contribution in [0.4, 0.5) is 0 Å². The van der Waals surface area contributed by atoms with E-state index in [0.717, 1.165) is 45.0 Å². The highest BCUT2D eigenvalue weighted by Crippen LogP contribution is 2.29. The Hall–Kier alpha value is -2.43. The summed E-state index contributed by atoms with van der Waals surface area (Å²) < 4.78 is 1.05. The normalized spacial score (nSPS) is 11.9. The molecule has 25 heavy (non-hydrogen) atoms. The van der Waals surface area contributed by atoms with Crippen LogP contribution < -0.4 is 0 Å². The number of rotatable bonds is 6. The molecule has 1 atom stereocenters. The molecule has 1 aromatic carbocycles. The summed E-state index contributed by atoms with van der Waals surface area (Å²) in [6, 6.07) is 12.4. The van der Waals surface area contributed by atoms with Crippen LogP contribution in [0.5, 0.6) is 0 Å². The van der Waals surface area contributed by atoms with Gasteiger partial charge < -0.3 is 0 Å². The van der Waals surface area contributed by atoms with Gasteiger partial charge in [-0.25, -0.2) is 0 Å². The van der Waals surface area contributed by atoms with Crippen LogP contribution in [0.15, 0.2) is 58.4 Å². The van der Waals surface area contributed by atoms with Gasteiger partial charge in [-0.05, 0) is 65.7 Å². The van der Waals surface area contributed by atoms with Crippen LogP contribution in [0.3, 0.4) is 0 Å². The van der Waals surface area contributed by atoms with Crippen molar-refractivity contribution < 1.29 is 0 Å². The van der Waals surface area contributed by atoms with Crippen LogP contribution in [0.2, 0.25) is 0 Å². The molecule has 0 amide bonds. The van der Waals surface area contributed by atoms with Gasteiger partial charge in [-0.1, -0.05) is 34.0 Å². The fourth-order valence-electron chi connectivity index (χ4n) is 2.75. The fourth-order valence-corrected chi connectivity index (χ4v) is 3.33. The van der Waals surface area contributed by atoms with E-state index in [2.05, 4.69) is 62.1 Å². The minimum Gasteiger partial charge on any atom is -0.265 e. The first-order chi connectivity index (χ1) is 12.2. The van der Waals surface area contributed by atoms with Crippen molar-refractivity contribution in [1.29, 1.82) is 0 Å². The van der Waals surface area contributed by atoms with E-state index < -0.39 is 0 Å². The number of nitrogens with zero attached hydrogens (tertiary/aromatic N) is 5. The maximum atomic E-state index is 8.40. The Morgan fingerprint density at radius 2 is 1.96 bits per heavy atom. The van der Waals surface area contributed by atoms with E-state index in [1.54, 1.807) is 12.4 Å². The number of hydrogen-bond acceptors (Lipinski definition) is 3. The van der Waals surface area contributed by atoms with E-state index in [9.17, 15) is 0 Å². The van der Waals surface area contributed by atoms with Crippen LogP contribution in [-0.4, -0.2) is 16.5 Å². The predicted octanol–water partition coefficient (Wildman–Crippen LogP) is 5.94. The molecule has 126 valence electrons. The summed E-state index contributed by atoms with van der Waals surface area (Å²) >= 11 is 3.68. The van der Waals surface area contributed by atoms with Gasteiger partial charge in [-0.15, -0.1) is 0 Å². The molecule has 0 aliphatic rings. The van der Waals surface area contributed by atoms with Crippen molar-refractivity contribution in [3.63, 3.8) is 0 Å². The standard InChI is InChI=1S/C19H18BrN5/c1-13(12-23-25-21)2-4-16-11-18(20)17-10-15(3-5-19(17)24-16)14-6-8-22-9-7-14/h3,5-11,13H,2,4,12H2,1H3. The Bertz CT molecular complexity index is 920. The Balaban J connectivity index is 1.84. The van der Waals surface area contributed by atoms with Gasteiger partial charge in [-0.2, -0.15) is 0 Å².